The average Bonchev–Trinajstić information content (AvgIpc) is 2.69. The summed E-state index contributed by atoms with van der Waals surface area (Å²) >= 11 is 0. The van der Waals surface area contributed by atoms with Gasteiger partial charge < -0.3 is 42.4 Å². The second-order valence-electron chi connectivity index (χ2n) is 5.82. The van der Waals surface area contributed by atoms with Crippen molar-refractivity contribution in [2.45, 2.75) is 13.0 Å². The molecule has 2 rings (SSSR count). The van der Waals surface area contributed by atoms with Gasteiger partial charge in [-0.15, -0.1) is 0 Å². The Hall–Kier alpha value is -2.64. The molecule has 0 radical (unpaired) electrons. The van der Waals surface area contributed by atoms with Gasteiger partial charge in [0.1, 0.15) is 0 Å². The van der Waals surface area contributed by atoms with E-state index in [-0.39, 0.29) is 19.0 Å². The Labute approximate surface area is 171 Å². The molecule has 8 heteroatoms. The van der Waals surface area contributed by atoms with Crippen molar-refractivity contribution in [2.24, 2.45) is 5.73 Å². The minimum Gasteiger partial charge on any atom is -1.00 e. The summed E-state index contributed by atoms with van der Waals surface area (Å²) in [5, 5.41) is 3.37. The van der Waals surface area contributed by atoms with Gasteiger partial charge in [-0.3, -0.25) is 4.79 Å². The first-order valence-electron chi connectivity index (χ1n) is 8.57. The first-order chi connectivity index (χ1) is 13.1. The number of methoxy groups -OCH3 is 3. The number of primary amides is 1. The number of nitrogens with one attached hydrogen (secondary N) is 1. The molecule has 0 aromatic heterocycles. The van der Waals surface area contributed by atoms with Crippen LogP contribution in [0.1, 0.15) is 11.1 Å². The van der Waals surface area contributed by atoms with Crippen molar-refractivity contribution >= 4 is 5.91 Å². The molecule has 0 aliphatic carbocycles. The predicted molar refractivity (Wildman–Crippen MR) is 103 cm³/mol. The summed E-state index contributed by atoms with van der Waals surface area (Å²) in [6.45, 7) is 1.12. The summed E-state index contributed by atoms with van der Waals surface area (Å²) in [5.41, 5.74) is 7.20. The first-order valence-corrected chi connectivity index (χ1v) is 8.57. The largest absolute Gasteiger partial charge is 1.00 e. The number of hydrogen-bond donors (Lipinski definition) is 2. The zero-order valence-electron chi connectivity index (χ0n) is 16.3. The molecular weight excluding hydrogens is 384 g/mol. The van der Waals surface area contributed by atoms with Crippen LogP contribution in [0.25, 0.3) is 0 Å². The minimum atomic E-state index is -0.534. The van der Waals surface area contributed by atoms with Crippen LogP contribution < -0.4 is 42.4 Å². The van der Waals surface area contributed by atoms with Crippen molar-refractivity contribution in [2.75, 3.05) is 34.5 Å². The van der Waals surface area contributed by atoms with Crippen LogP contribution in [-0.4, -0.2) is 40.4 Å². The maximum atomic E-state index is 11.0. The molecule has 0 saturated heterocycles. The van der Waals surface area contributed by atoms with Crippen molar-refractivity contribution in [3.8, 4) is 23.0 Å². The predicted octanol–water partition coefficient (Wildman–Crippen LogP) is -1.09. The summed E-state index contributed by atoms with van der Waals surface area (Å²) in [7, 11) is 4.79. The van der Waals surface area contributed by atoms with Gasteiger partial charge in [-0.1, -0.05) is 18.2 Å². The summed E-state index contributed by atoms with van der Waals surface area (Å²) in [4.78, 5) is 11.0. The monoisotopic (exact) mass is 409 g/mol. The summed E-state index contributed by atoms with van der Waals surface area (Å²) in [6, 6.07) is 11.4. The zero-order chi connectivity index (χ0) is 19.6. The third-order valence-corrected chi connectivity index (χ3v) is 3.99. The minimum absolute atomic E-state index is 0. The molecule has 0 unspecified atom stereocenters. The highest BCUT2D eigenvalue weighted by Gasteiger charge is 2.11. The fourth-order valence-electron chi connectivity index (χ4n) is 2.66. The SMILES string of the molecule is COc1ccc(CCNCc2cccc(OC)c2OCC(N)=O)cc1OC.[Cl-]. The lowest BCUT2D eigenvalue weighted by Gasteiger charge is -2.15. The Morgan fingerprint density at radius 1 is 1.00 bits per heavy atom. The molecule has 0 aliphatic heterocycles. The normalized spacial score (nSPS) is 9.96. The van der Waals surface area contributed by atoms with E-state index in [9.17, 15) is 4.79 Å². The number of halogens is 1. The van der Waals surface area contributed by atoms with Gasteiger partial charge in [0.05, 0.1) is 21.3 Å². The molecule has 28 heavy (non-hydrogen) atoms. The van der Waals surface area contributed by atoms with Crippen LogP contribution in [0.15, 0.2) is 36.4 Å². The highest BCUT2D eigenvalue weighted by molar-refractivity contribution is 5.75. The number of carbonyl (C=O) groups excluding carboxylic acids is 1. The molecule has 1 amide bonds. The molecule has 154 valence electrons. The van der Waals surface area contributed by atoms with Crippen molar-refractivity contribution < 1.29 is 36.1 Å². The molecule has 2 aromatic carbocycles. The Kier molecular flexibility index (Phi) is 9.98. The summed E-state index contributed by atoms with van der Waals surface area (Å²) < 4.78 is 21.4. The van der Waals surface area contributed by atoms with Crippen LogP contribution >= 0.6 is 0 Å². The number of para-hydroxylation sites is 1. The van der Waals surface area contributed by atoms with Gasteiger partial charge in [0, 0.05) is 12.1 Å². The van der Waals surface area contributed by atoms with Crippen LogP contribution in [0, 0.1) is 0 Å². The number of benzene rings is 2. The van der Waals surface area contributed by atoms with Crippen LogP contribution in [0.3, 0.4) is 0 Å². The van der Waals surface area contributed by atoms with E-state index in [0.717, 1.165) is 24.1 Å². The Morgan fingerprint density at radius 2 is 1.71 bits per heavy atom. The lowest BCUT2D eigenvalue weighted by molar-refractivity contribution is -0.120. The molecule has 0 spiro atoms. The molecule has 0 saturated carbocycles. The van der Waals surface area contributed by atoms with Gasteiger partial charge >= 0.3 is 0 Å². The Bertz CT molecular complexity index is 770. The van der Waals surface area contributed by atoms with Gasteiger partial charge in [-0.2, -0.15) is 0 Å². The highest BCUT2D eigenvalue weighted by Crippen LogP contribution is 2.31. The van der Waals surface area contributed by atoms with Gasteiger partial charge in [0.15, 0.2) is 29.6 Å². The van der Waals surface area contributed by atoms with Crippen LogP contribution in [-0.2, 0) is 17.8 Å². The van der Waals surface area contributed by atoms with Crippen molar-refractivity contribution in [1.29, 1.82) is 0 Å². The molecule has 0 heterocycles. The Balaban J connectivity index is 0.00000392. The van der Waals surface area contributed by atoms with E-state index in [1.165, 1.54) is 0 Å². The van der Waals surface area contributed by atoms with Gasteiger partial charge in [-0.05, 0) is 36.7 Å². The zero-order valence-corrected chi connectivity index (χ0v) is 17.0. The van der Waals surface area contributed by atoms with E-state index in [1.807, 2.05) is 30.3 Å². The molecule has 0 bridgehead atoms. The Morgan fingerprint density at radius 3 is 2.36 bits per heavy atom. The second kappa shape index (κ2) is 11.9. The molecule has 0 aliphatic rings. The molecule has 2 aromatic rings. The third kappa shape index (κ3) is 6.51. The van der Waals surface area contributed by atoms with Crippen molar-refractivity contribution in [1.82, 2.24) is 5.32 Å². The van der Waals surface area contributed by atoms with E-state index in [1.54, 1.807) is 27.4 Å². The second-order valence-corrected chi connectivity index (χ2v) is 5.82. The quantitative estimate of drug-likeness (QED) is 0.458. The number of rotatable bonds is 11. The molecular formula is C20H26ClN2O5-. The summed E-state index contributed by atoms with van der Waals surface area (Å²) in [5.74, 6) is 1.98. The van der Waals surface area contributed by atoms with Crippen molar-refractivity contribution in [3.63, 3.8) is 0 Å². The standard InChI is InChI=1S/C20H26N2O5.ClH/c1-24-16-8-7-14(11-18(16)26-3)9-10-22-12-15-5-4-6-17(25-2)20(15)27-13-19(21)23;/h4-8,11,22H,9-10,12-13H2,1-3H3,(H2,21,23);1H/p-1. The lowest BCUT2D eigenvalue weighted by Crippen LogP contribution is -3.00. The maximum absolute atomic E-state index is 11.0. The first kappa shape index (κ1) is 23.4. The van der Waals surface area contributed by atoms with E-state index in [0.29, 0.717) is 29.5 Å². The molecule has 0 atom stereocenters. The van der Waals surface area contributed by atoms with Crippen LogP contribution in [0.5, 0.6) is 23.0 Å². The smallest absolute Gasteiger partial charge is 0.255 e. The van der Waals surface area contributed by atoms with Crippen LogP contribution in [0.4, 0.5) is 0 Å². The fraction of sp³-hybridized carbons (Fsp3) is 0.350. The van der Waals surface area contributed by atoms with E-state index < -0.39 is 5.91 Å². The van der Waals surface area contributed by atoms with E-state index in [2.05, 4.69) is 5.32 Å². The van der Waals surface area contributed by atoms with Gasteiger partial charge in [0.25, 0.3) is 5.91 Å². The van der Waals surface area contributed by atoms with Crippen LogP contribution in [0.2, 0.25) is 0 Å². The molecule has 7 nitrogen and oxygen atoms in total. The summed E-state index contributed by atoms with van der Waals surface area (Å²) in [6.07, 6.45) is 0.821. The maximum Gasteiger partial charge on any atom is 0.255 e. The highest BCUT2D eigenvalue weighted by atomic mass is 35.5. The number of carbonyl (C=O) groups is 1. The third-order valence-electron chi connectivity index (χ3n) is 3.99. The fourth-order valence-corrected chi connectivity index (χ4v) is 2.66. The average molecular weight is 410 g/mol. The van der Waals surface area contributed by atoms with Gasteiger partial charge in [-0.25, -0.2) is 0 Å². The number of amides is 1. The lowest BCUT2D eigenvalue weighted by atomic mass is 10.1. The molecule has 3 N–H and O–H groups in total. The number of nitrogens with two attached hydrogens (primary N) is 1. The molecule has 0 fully saturated rings. The topological polar surface area (TPSA) is 92.0 Å². The van der Waals surface area contributed by atoms with E-state index in [4.69, 9.17) is 24.7 Å². The van der Waals surface area contributed by atoms with Crippen molar-refractivity contribution in [3.05, 3.63) is 47.5 Å². The number of ether oxygens (including phenoxy) is 4. The number of hydrogen-bond acceptors (Lipinski definition) is 6. The van der Waals surface area contributed by atoms with E-state index >= 15 is 0 Å². The van der Waals surface area contributed by atoms with Gasteiger partial charge in [0.2, 0.25) is 0 Å².